The Morgan fingerprint density at radius 1 is 1.12 bits per heavy atom. The van der Waals surface area contributed by atoms with Crippen LogP contribution < -0.4 is 11.1 Å². The zero-order valence-corrected chi connectivity index (χ0v) is 20.0. The number of hydrogen-bond acceptors (Lipinski definition) is 7. The minimum Gasteiger partial charge on any atom is -0.383 e. The van der Waals surface area contributed by atoms with Crippen LogP contribution in [-0.2, 0) is 6.42 Å². The van der Waals surface area contributed by atoms with E-state index in [1.54, 1.807) is 0 Å². The molecular formula is C27H31N7. The molecule has 0 amide bonds. The standard InChI is InChI=1S/C27H31N7/c1-5-15-34-18(4)21-9-7-8-10-22(21)33-27(34)17(3)32-26-23(25(29)30-16-31-26)24(28)20-13-11-19(6-2)12-14-20/h7-14,16-17,28H,4-6,15H2,1-3H3,(H3,29,30,31,32). The maximum Gasteiger partial charge on any atom is 0.141 e. The van der Waals surface area contributed by atoms with Crippen molar-refractivity contribution in [3.05, 3.63) is 83.7 Å². The number of nitrogens with one attached hydrogen (secondary N) is 2. The molecule has 0 bridgehead atoms. The van der Waals surface area contributed by atoms with Gasteiger partial charge >= 0.3 is 0 Å². The first-order valence-corrected chi connectivity index (χ1v) is 11.6. The van der Waals surface area contributed by atoms with Gasteiger partial charge in [-0.15, -0.1) is 0 Å². The van der Waals surface area contributed by atoms with Crippen molar-refractivity contribution in [3.63, 3.8) is 0 Å². The molecular weight excluding hydrogens is 422 g/mol. The minimum absolute atomic E-state index is 0.208. The number of aryl methyl sites for hydroxylation is 1. The van der Waals surface area contributed by atoms with Crippen molar-refractivity contribution in [1.29, 1.82) is 5.41 Å². The molecule has 1 atom stereocenters. The van der Waals surface area contributed by atoms with Crippen molar-refractivity contribution < 1.29 is 0 Å². The zero-order chi connectivity index (χ0) is 24.2. The van der Waals surface area contributed by atoms with Crippen molar-refractivity contribution >= 4 is 34.6 Å². The van der Waals surface area contributed by atoms with Crippen LogP contribution in [0.1, 0.15) is 49.4 Å². The van der Waals surface area contributed by atoms with Crippen LogP contribution in [0.3, 0.4) is 0 Å². The highest BCUT2D eigenvalue weighted by Gasteiger charge is 2.28. The number of amidine groups is 1. The fourth-order valence-corrected chi connectivity index (χ4v) is 4.16. The summed E-state index contributed by atoms with van der Waals surface area (Å²) in [5.74, 6) is 1.63. The van der Waals surface area contributed by atoms with Gasteiger partial charge in [0.2, 0.25) is 0 Å². The van der Waals surface area contributed by atoms with Crippen LogP contribution >= 0.6 is 0 Å². The minimum atomic E-state index is -0.208. The van der Waals surface area contributed by atoms with Crippen molar-refractivity contribution in [3.8, 4) is 0 Å². The van der Waals surface area contributed by atoms with Crippen LogP contribution in [0.15, 0.2) is 66.4 Å². The molecule has 4 rings (SSSR count). The Bertz CT molecular complexity index is 1240. The molecule has 1 unspecified atom stereocenters. The van der Waals surface area contributed by atoms with Gasteiger partial charge in [0.15, 0.2) is 0 Å². The van der Waals surface area contributed by atoms with Gasteiger partial charge in [0.25, 0.3) is 0 Å². The summed E-state index contributed by atoms with van der Waals surface area (Å²) in [6.45, 7) is 11.4. The van der Waals surface area contributed by atoms with E-state index in [0.29, 0.717) is 11.4 Å². The van der Waals surface area contributed by atoms with Gasteiger partial charge in [0, 0.05) is 23.4 Å². The molecule has 0 radical (unpaired) electrons. The number of benzene rings is 2. The molecule has 0 saturated heterocycles. The van der Waals surface area contributed by atoms with Crippen molar-refractivity contribution in [2.75, 3.05) is 17.6 Å². The summed E-state index contributed by atoms with van der Waals surface area (Å²) in [6, 6.07) is 15.8. The van der Waals surface area contributed by atoms with E-state index in [2.05, 4.69) is 40.6 Å². The van der Waals surface area contributed by atoms with E-state index in [4.69, 9.17) is 16.1 Å². The first kappa shape index (κ1) is 23.2. The predicted octanol–water partition coefficient (Wildman–Crippen LogP) is 5.26. The summed E-state index contributed by atoms with van der Waals surface area (Å²) in [4.78, 5) is 15.7. The molecule has 1 aliphatic heterocycles. The van der Waals surface area contributed by atoms with Crippen molar-refractivity contribution in [2.24, 2.45) is 4.99 Å². The average Bonchev–Trinajstić information content (AvgIpc) is 2.85. The first-order valence-electron chi connectivity index (χ1n) is 11.6. The molecule has 3 aromatic rings. The van der Waals surface area contributed by atoms with E-state index in [0.717, 1.165) is 47.7 Å². The number of anilines is 2. The van der Waals surface area contributed by atoms with Gasteiger partial charge in [-0.1, -0.05) is 62.9 Å². The van der Waals surface area contributed by atoms with Crippen molar-refractivity contribution in [1.82, 2.24) is 14.9 Å². The van der Waals surface area contributed by atoms with E-state index in [9.17, 15) is 0 Å². The summed E-state index contributed by atoms with van der Waals surface area (Å²) in [5, 5.41) is 12.3. The quantitative estimate of drug-likeness (QED) is 0.404. The SMILES string of the molecule is C=C1c2ccccc2N=C(C(C)Nc2ncnc(N)c2C(=N)c2ccc(CC)cc2)N1CCC. The Balaban J connectivity index is 1.69. The molecule has 7 heteroatoms. The van der Waals surface area contributed by atoms with E-state index in [1.807, 2.05) is 55.5 Å². The lowest BCUT2D eigenvalue weighted by molar-refractivity contribution is 0.550. The number of para-hydroxylation sites is 1. The number of hydrogen-bond donors (Lipinski definition) is 3. The third-order valence-corrected chi connectivity index (χ3v) is 6.02. The lowest BCUT2D eigenvalue weighted by Crippen LogP contribution is -2.42. The van der Waals surface area contributed by atoms with Gasteiger partial charge < -0.3 is 16.0 Å². The number of nitrogens with zero attached hydrogens (tertiary/aromatic N) is 4. The number of fused-ring (bicyclic) bond motifs is 1. The van der Waals surface area contributed by atoms with E-state index < -0.39 is 0 Å². The normalized spacial score (nSPS) is 13.8. The molecule has 7 nitrogen and oxygen atoms in total. The van der Waals surface area contributed by atoms with Gasteiger partial charge in [-0.25, -0.2) is 15.0 Å². The summed E-state index contributed by atoms with van der Waals surface area (Å²) in [5.41, 5.74) is 11.9. The molecule has 0 aliphatic carbocycles. The van der Waals surface area contributed by atoms with Crippen LogP contribution in [-0.4, -0.2) is 39.0 Å². The monoisotopic (exact) mass is 453 g/mol. The van der Waals surface area contributed by atoms with Gasteiger partial charge in [-0.05, 0) is 31.4 Å². The molecule has 0 spiro atoms. The van der Waals surface area contributed by atoms with E-state index in [-0.39, 0.29) is 17.6 Å². The van der Waals surface area contributed by atoms with Gasteiger partial charge in [0.05, 0.1) is 23.0 Å². The molecule has 0 fully saturated rings. The fourth-order valence-electron chi connectivity index (χ4n) is 4.16. The largest absolute Gasteiger partial charge is 0.383 e. The topological polar surface area (TPSA) is 103 Å². The Kier molecular flexibility index (Phi) is 6.72. The highest BCUT2D eigenvalue weighted by Crippen LogP contribution is 2.34. The Morgan fingerprint density at radius 3 is 2.56 bits per heavy atom. The molecule has 34 heavy (non-hydrogen) atoms. The molecule has 1 aromatic heterocycles. The summed E-state index contributed by atoms with van der Waals surface area (Å²) < 4.78 is 0. The molecule has 174 valence electrons. The molecule has 0 saturated carbocycles. The second-order valence-corrected chi connectivity index (χ2v) is 8.36. The zero-order valence-electron chi connectivity index (χ0n) is 20.0. The van der Waals surface area contributed by atoms with Crippen molar-refractivity contribution in [2.45, 2.75) is 39.7 Å². The van der Waals surface area contributed by atoms with Gasteiger partial charge in [0.1, 0.15) is 23.8 Å². The van der Waals surface area contributed by atoms with E-state index >= 15 is 0 Å². The first-order chi connectivity index (χ1) is 16.4. The molecule has 4 N–H and O–H groups in total. The predicted molar refractivity (Wildman–Crippen MR) is 141 cm³/mol. The number of aliphatic imine (C=N–C) groups is 1. The smallest absolute Gasteiger partial charge is 0.141 e. The van der Waals surface area contributed by atoms with Crippen LogP contribution in [0.5, 0.6) is 0 Å². The summed E-state index contributed by atoms with van der Waals surface area (Å²) in [7, 11) is 0. The van der Waals surface area contributed by atoms with Gasteiger partial charge in [-0.3, -0.25) is 5.41 Å². The lowest BCUT2D eigenvalue weighted by Gasteiger charge is -2.35. The Hall–Kier alpha value is -4.00. The number of rotatable bonds is 8. The number of aromatic nitrogens is 2. The fraction of sp³-hybridized carbons (Fsp3) is 0.259. The number of nitrogen functional groups attached to an aromatic ring is 1. The Morgan fingerprint density at radius 2 is 1.85 bits per heavy atom. The summed E-state index contributed by atoms with van der Waals surface area (Å²) >= 11 is 0. The average molecular weight is 454 g/mol. The second-order valence-electron chi connectivity index (χ2n) is 8.36. The van der Waals surface area contributed by atoms with Crippen LogP contribution in [0.4, 0.5) is 17.3 Å². The highest BCUT2D eigenvalue weighted by atomic mass is 15.2. The third-order valence-electron chi connectivity index (χ3n) is 6.02. The summed E-state index contributed by atoms with van der Waals surface area (Å²) in [6.07, 6.45) is 3.32. The lowest BCUT2D eigenvalue weighted by atomic mass is 10.0. The molecule has 2 heterocycles. The number of nitrogens with two attached hydrogens (primary N) is 1. The van der Waals surface area contributed by atoms with Gasteiger partial charge in [-0.2, -0.15) is 0 Å². The maximum atomic E-state index is 8.85. The third kappa shape index (κ3) is 4.41. The van der Waals surface area contributed by atoms with Crippen LogP contribution in [0.25, 0.3) is 5.70 Å². The highest BCUT2D eigenvalue weighted by molar-refractivity contribution is 6.16. The molecule has 1 aliphatic rings. The van der Waals surface area contributed by atoms with Crippen LogP contribution in [0.2, 0.25) is 0 Å². The molecule has 2 aromatic carbocycles. The van der Waals surface area contributed by atoms with E-state index in [1.165, 1.54) is 11.9 Å². The maximum absolute atomic E-state index is 8.85. The van der Waals surface area contributed by atoms with Crippen LogP contribution in [0, 0.1) is 5.41 Å². The Labute approximate surface area is 201 Å². The second kappa shape index (κ2) is 9.87.